The van der Waals surface area contributed by atoms with Crippen LogP contribution in [0.3, 0.4) is 0 Å². The first-order chi connectivity index (χ1) is 9.41. The number of carbonyl (C=O) groups is 2. The highest BCUT2D eigenvalue weighted by atomic mass is 19.1. The number of carbonyl (C=O) groups excluding carboxylic acids is 1. The molecule has 2 aromatic rings. The van der Waals surface area contributed by atoms with Crippen molar-refractivity contribution in [2.45, 2.75) is 0 Å². The van der Waals surface area contributed by atoms with Gasteiger partial charge in [0, 0.05) is 5.56 Å². The molecule has 0 unspecified atom stereocenters. The highest BCUT2D eigenvalue weighted by Gasteiger charge is 2.18. The van der Waals surface area contributed by atoms with Crippen LogP contribution < -0.4 is 0 Å². The number of benzene rings is 2. The van der Waals surface area contributed by atoms with E-state index in [2.05, 4.69) is 0 Å². The molecule has 3 N–H and O–H groups in total. The van der Waals surface area contributed by atoms with Gasteiger partial charge in [-0.25, -0.2) is 9.18 Å². The minimum absolute atomic E-state index is 0.131. The molecule has 0 bridgehead atoms. The zero-order valence-corrected chi connectivity index (χ0v) is 10.0. The van der Waals surface area contributed by atoms with Gasteiger partial charge >= 0.3 is 5.97 Å². The SMILES string of the molecule is O=C(O)c1ccc(C(=O)c2cccc(O)c2O)cc1F. The van der Waals surface area contributed by atoms with Crippen LogP contribution in [0.5, 0.6) is 11.5 Å². The number of aromatic carboxylic acids is 1. The average molecular weight is 276 g/mol. The molecule has 0 spiro atoms. The Labute approximate surface area is 112 Å². The van der Waals surface area contributed by atoms with Crippen LogP contribution in [0.1, 0.15) is 26.3 Å². The lowest BCUT2D eigenvalue weighted by Gasteiger charge is -2.06. The molecule has 20 heavy (non-hydrogen) atoms. The van der Waals surface area contributed by atoms with Gasteiger partial charge in [0.15, 0.2) is 17.3 Å². The fraction of sp³-hybridized carbons (Fsp3) is 0. The number of hydrogen-bond acceptors (Lipinski definition) is 4. The molecule has 2 rings (SSSR count). The molecule has 0 fully saturated rings. The fourth-order valence-corrected chi connectivity index (χ4v) is 1.70. The van der Waals surface area contributed by atoms with Gasteiger partial charge in [-0.15, -0.1) is 0 Å². The van der Waals surface area contributed by atoms with E-state index in [0.717, 1.165) is 18.2 Å². The number of rotatable bonds is 3. The summed E-state index contributed by atoms with van der Waals surface area (Å²) in [6, 6.07) is 6.68. The third kappa shape index (κ3) is 2.31. The van der Waals surface area contributed by atoms with E-state index in [0.29, 0.717) is 0 Å². The smallest absolute Gasteiger partial charge is 0.338 e. The van der Waals surface area contributed by atoms with Crippen LogP contribution >= 0.6 is 0 Å². The summed E-state index contributed by atoms with van der Waals surface area (Å²) in [5, 5.41) is 27.6. The molecule has 0 aliphatic carbocycles. The minimum atomic E-state index is -1.44. The number of carboxylic acid groups (broad SMARTS) is 1. The maximum absolute atomic E-state index is 13.5. The van der Waals surface area contributed by atoms with Crippen molar-refractivity contribution in [1.29, 1.82) is 0 Å². The van der Waals surface area contributed by atoms with E-state index in [9.17, 15) is 24.2 Å². The Balaban J connectivity index is 2.47. The monoisotopic (exact) mass is 276 g/mol. The molecule has 0 heterocycles. The van der Waals surface area contributed by atoms with Crippen molar-refractivity contribution in [2.24, 2.45) is 0 Å². The van der Waals surface area contributed by atoms with Crippen LogP contribution in [-0.2, 0) is 0 Å². The number of halogens is 1. The Morgan fingerprint density at radius 2 is 1.70 bits per heavy atom. The largest absolute Gasteiger partial charge is 0.504 e. The van der Waals surface area contributed by atoms with Gasteiger partial charge in [-0.2, -0.15) is 0 Å². The Hall–Kier alpha value is -2.89. The third-order valence-electron chi connectivity index (χ3n) is 2.72. The quantitative estimate of drug-likeness (QED) is 0.590. The summed E-state index contributed by atoms with van der Waals surface area (Å²) in [4.78, 5) is 22.7. The molecular formula is C14H9FO5. The normalized spacial score (nSPS) is 10.2. The number of hydrogen-bond donors (Lipinski definition) is 3. The number of ketones is 1. The predicted octanol–water partition coefficient (Wildman–Crippen LogP) is 2.17. The molecule has 0 aliphatic rings. The number of carboxylic acids is 1. The minimum Gasteiger partial charge on any atom is -0.504 e. The second kappa shape index (κ2) is 5.00. The van der Waals surface area contributed by atoms with Gasteiger partial charge in [0.25, 0.3) is 0 Å². The molecule has 0 saturated carbocycles. The maximum Gasteiger partial charge on any atom is 0.338 e. The first-order valence-electron chi connectivity index (χ1n) is 5.50. The van der Waals surface area contributed by atoms with E-state index >= 15 is 0 Å². The summed E-state index contributed by atoms with van der Waals surface area (Å²) < 4.78 is 13.5. The Morgan fingerprint density at radius 3 is 2.30 bits per heavy atom. The van der Waals surface area contributed by atoms with E-state index in [1.54, 1.807) is 0 Å². The van der Waals surface area contributed by atoms with Gasteiger partial charge in [-0.05, 0) is 30.3 Å². The molecule has 0 aromatic heterocycles. The van der Waals surface area contributed by atoms with Crippen molar-refractivity contribution >= 4 is 11.8 Å². The van der Waals surface area contributed by atoms with Crippen LogP contribution in [0, 0.1) is 5.82 Å². The van der Waals surface area contributed by atoms with Gasteiger partial charge in [0.2, 0.25) is 0 Å². The molecule has 0 amide bonds. The van der Waals surface area contributed by atoms with Gasteiger partial charge in [-0.3, -0.25) is 4.79 Å². The summed E-state index contributed by atoms with van der Waals surface area (Å²) >= 11 is 0. The van der Waals surface area contributed by atoms with Gasteiger partial charge in [-0.1, -0.05) is 6.07 Å². The summed E-state index contributed by atoms with van der Waals surface area (Å²) in [5.41, 5.74) is -0.887. The zero-order valence-electron chi connectivity index (χ0n) is 10.0. The lowest BCUT2D eigenvalue weighted by atomic mass is 10.0. The molecule has 0 radical (unpaired) electrons. The van der Waals surface area contributed by atoms with Crippen LogP contribution in [-0.4, -0.2) is 27.1 Å². The van der Waals surface area contributed by atoms with Gasteiger partial charge in [0.1, 0.15) is 5.82 Å². The maximum atomic E-state index is 13.5. The third-order valence-corrected chi connectivity index (χ3v) is 2.72. The molecule has 0 aliphatic heterocycles. The lowest BCUT2D eigenvalue weighted by molar-refractivity contribution is 0.0691. The number of phenolic OH excluding ortho intramolecular Hbond substituents is 2. The van der Waals surface area contributed by atoms with Crippen molar-refractivity contribution in [3.05, 3.63) is 58.9 Å². The molecule has 0 atom stereocenters. The summed E-state index contributed by atoms with van der Waals surface area (Å²) in [5.74, 6) is -4.31. The molecular weight excluding hydrogens is 267 g/mol. The summed E-state index contributed by atoms with van der Waals surface area (Å²) in [6.45, 7) is 0. The van der Waals surface area contributed by atoms with E-state index < -0.39 is 34.6 Å². The second-order valence-electron chi connectivity index (χ2n) is 4.00. The van der Waals surface area contributed by atoms with Gasteiger partial charge in [0.05, 0.1) is 11.1 Å². The van der Waals surface area contributed by atoms with Crippen molar-refractivity contribution in [3.63, 3.8) is 0 Å². The topological polar surface area (TPSA) is 94.8 Å². The molecule has 0 saturated heterocycles. The van der Waals surface area contributed by atoms with Crippen LogP contribution in [0.25, 0.3) is 0 Å². The van der Waals surface area contributed by atoms with E-state index in [4.69, 9.17) is 5.11 Å². The zero-order chi connectivity index (χ0) is 14.9. The lowest BCUT2D eigenvalue weighted by Crippen LogP contribution is -2.06. The van der Waals surface area contributed by atoms with Gasteiger partial charge < -0.3 is 15.3 Å². The van der Waals surface area contributed by atoms with Crippen molar-refractivity contribution in [2.75, 3.05) is 0 Å². The average Bonchev–Trinajstić information content (AvgIpc) is 2.40. The Morgan fingerprint density at radius 1 is 1.00 bits per heavy atom. The summed E-state index contributed by atoms with van der Waals surface area (Å²) in [7, 11) is 0. The number of phenols is 2. The first kappa shape index (κ1) is 13.5. The summed E-state index contributed by atoms with van der Waals surface area (Å²) in [6.07, 6.45) is 0. The second-order valence-corrected chi connectivity index (χ2v) is 4.00. The van der Waals surface area contributed by atoms with E-state index in [-0.39, 0.29) is 11.1 Å². The molecule has 2 aromatic carbocycles. The van der Waals surface area contributed by atoms with Crippen molar-refractivity contribution < 1.29 is 29.3 Å². The van der Waals surface area contributed by atoms with Crippen LogP contribution in [0.2, 0.25) is 0 Å². The fourth-order valence-electron chi connectivity index (χ4n) is 1.70. The highest BCUT2D eigenvalue weighted by molar-refractivity contribution is 6.11. The Bertz CT molecular complexity index is 709. The standard InChI is InChI=1S/C14H9FO5/c15-10-6-7(4-5-8(10)14(19)20)12(17)9-2-1-3-11(16)13(9)18/h1-6,16,18H,(H,19,20). The van der Waals surface area contributed by atoms with Crippen LogP contribution in [0.15, 0.2) is 36.4 Å². The van der Waals surface area contributed by atoms with E-state index in [1.807, 2.05) is 0 Å². The number of aromatic hydroxyl groups is 2. The molecule has 102 valence electrons. The Kier molecular flexibility index (Phi) is 3.39. The molecule has 6 heteroatoms. The van der Waals surface area contributed by atoms with Crippen molar-refractivity contribution in [3.8, 4) is 11.5 Å². The van der Waals surface area contributed by atoms with E-state index in [1.165, 1.54) is 18.2 Å². The highest BCUT2D eigenvalue weighted by Crippen LogP contribution is 2.30. The predicted molar refractivity (Wildman–Crippen MR) is 66.6 cm³/mol. The first-order valence-corrected chi connectivity index (χ1v) is 5.50. The number of para-hydroxylation sites is 1. The van der Waals surface area contributed by atoms with Crippen molar-refractivity contribution in [1.82, 2.24) is 0 Å². The molecule has 5 nitrogen and oxygen atoms in total. The van der Waals surface area contributed by atoms with Crippen LogP contribution in [0.4, 0.5) is 4.39 Å².